The Morgan fingerprint density at radius 2 is 1.85 bits per heavy atom. The van der Waals surface area contributed by atoms with Gasteiger partial charge in [0.15, 0.2) is 0 Å². The van der Waals surface area contributed by atoms with Crippen LogP contribution in [0.2, 0.25) is 0 Å². The average Bonchev–Trinajstić information content (AvgIpc) is 2.34. The van der Waals surface area contributed by atoms with Crippen LogP contribution in [0.4, 0.5) is 5.82 Å². The van der Waals surface area contributed by atoms with Crippen molar-refractivity contribution in [3.8, 4) is 0 Å². The molecule has 0 atom stereocenters. The second-order valence-electron chi connectivity index (χ2n) is 5.98. The summed E-state index contributed by atoms with van der Waals surface area (Å²) in [6, 6.07) is 0. The first kappa shape index (κ1) is 17.3. The van der Waals surface area contributed by atoms with Crippen molar-refractivity contribution in [3.05, 3.63) is 17.1 Å². The van der Waals surface area contributed by atoms with E-state index in [0.717, 1.165) is 41.8 Å². The molecule has 0 bridgehead atoms. The fraction of sp³-hybridized carbons (Fsp3) is 0.750. The molecule has 0 amide bonds. The third-order valence-corrected chi connectivity index (χ3v) is 4.35. The van der Waals surface area contributed by atoms with Gasteiger partial charge in [0.1, 0.15) is 11.6 Å². The van der Waals surface area contributed by atoms with E-state index in [1.807, 2.05) is 11.8 Å². The number of nitrogens with zero attached hydrogens (tertiary/aromatic N) is 2. The zero-order valence-corrected chi connectivity index (χ0v) is 14.6. The summed E-state index contributed by atoms with van der Waals surface area (Å²) in [6.07, 6.45) is 1.11. The summed E-state index contributed by atoms with van der Waals surface area (Å²) in [4.78, 5) is 9.43. The molecule has 0 spiro atoms. The number of aromatic nitrogens is 2. The minimum absolute atomic E-state index is 0.451. The predicted molar refractivity (Wildman–Crippen MR) is 90.6 cm³/mol. The first-order valence-corrected chi connectivity index (χ1v) is 8.80. The maximum absolute atomic E-state index is 4.75. The Balaban J connectivity index is 2.89. The molecule has 0 unspecified atom stereocenters. The van der Waals surface area contributed by atoms with E-state index in [1.54, 1.807) is 0 Å². The molecule has 0 aliphatic carbocycles. The van der Waals surface area contributed by atoms with Crippen LogP contribution >= 0.6 is 11.8 Å². The Bertz CT molecular complexity index is 416. The van der Waals surface area contributed by atoms with Gasteiger partial charge in [0.2, 0.25) is 0 Å². The number of rotatable bonds is 8. The van der Waals surface area contributed by atoms with Crippen LogP contribution in [0.15, 0.2) is 0 Å². The topological polar surface area (TPSA) is 37.8 Å². The predicted octanol–water partition coefficient (Wildman–Crippen LogP) is 4.62. The standard InChI is InChI=1S/C16H29N3S/c1-7-8-17-16-15(12(4)5)13(6)18-14(19-16)10-20-9-11(2)3/h11-12H,7-10H2,1-6H3,(H,17,18,19). The molecule has 0 aromatic carbocycles. The Labute approximate surface area is 128 Å². The minimum atomic E-state index is 0.451. The Hall–Kier alpha value is -0.770. The summed E-state index contributed by atoms with van der Waals surface area (Å²) in [5.41, 5.74) is 2.38. The van der Waals surface area contributed by atoms with E-state index in [4.69, 9.17) is 4.98 Å². The lowest BCUT2D eigenvalue weighted by atomic mass is 10.0. The van der Waals surface area contributed by atoms with Gasteiger partial charge in [0, 0.05) is 17.8 Å². The third-order valence-electron chi connectivity index (χ3n) is 2.98. The van der Waals surface area contributed by atoms with Gasteiger partial charge in [-0.1, -0.05) is 34.6 Å². The van der Waals surface area contributed by atoms with Crippen molar-refractivity contribution in [1.82, 2.24) is 9.97 Å². The Morgan fingerprint density at radius 3 is 2.40 bits per heavy atom. The molecule has 1 aromatic rings. The molecule has 1 heterocycles. The number of anilines is 1. The zero-order chi connectivity index (χ0) is 15.1. The van der Waals surface area contributed by atoms with E-state index >= 15 is 0 Å². The monoisotopic (exact) mass is 295 g/mol. The Kier molecular flexibility index (Phi) is 7.35. The van der Waals surface area contributed by atoms with Gasteiger partial charge in [-0.15, -0.1) is 0 Å². The van der Waals surface area contributed by atoms with Gasteiger partial charge in [-0.2, -0.15) is 11.8 Å². The van der Waals surface area contributed by atoms with Crippen LogP contribution in [0.1, 0.15) is 64.0 Å². The zero-order valence-electron chi connectivity index (χ0n) is 13.8. The van der Waals surface area contributed by atoms with Gasteiger partial charge >= 0.3 is 0 Å². The summed E-state index contributed by atoms with van der Waals surface area (Å²) in [6.45, 7) is 14.1. The van der Waals surface area contributed by atoms with E-state index in [1.165, 1.54) is 5.56 Å². The van der Waals surface area contributed by atoms with Gasteiger partial charge in [0.05, 0.1) is 5.75 Å². The van der Waals surface area contributed by atoms with Gasteiger partial charge in [-0.05, 0) is 30.9 Å². The number of nitrogens with one attached hydrogen (secondary N) is 1. The minimum Gasteiger partial charge on any atom is -0.370 e. The average molecular weight is 295 g/mol. The summed E-state index contributed by atoms with van der Waals surface area (Å²) >= 11 is 1.92. The maximum atomic E-state index is 4.75. The third kappa shape index (κ3) is 5.31. The Morgan fingerprint density at radius 1 is 1.15 bits per heavy atom. The molecule has 114 valence electrons. The highest BCUT2D eigenvalue weighted by atomic mass is 32.2. The normalized spacial score (nSPS) is 11.4. The molecule has 0 fully saturated rings. The summed E-state index contributed by atoms with van der Waals surface area (Å²) in [5.74, 6) is 5.22. The van der Waals surface area contributed by atoms with Gasteiger partial charge in [-0.25, -0.2) is 9.97 Å². The first-order valence-electron chi connectivity index (χ1n) is 7.64. The van der Waals surface area contributed by atoms with E-state index in [0.29, 0.717) is 11.8 Å². The molecule has 0 radical (unpaired) electrons. The molecule has 0 aliphatic heterocycles. The van der Waals surface area contributed by atoms with Crippen molar-refractivity contribution in [1.29, 1.82) is 0 Å². The van der Waals surface area contributed by atoms with E-state index in [-0.39, 0.29) is 0 Å². The highest BCUT2D eigenvalue weighted by molar-refractivity contribution is 7.98. The lowest BCUT2D eigenvalue weighted by molar-refractivity contribution is 0.749. The summed E-state index contributed by atoms with van der Waals surface area (Å²) in [5, 5.41) is 3.46. The lowest BCUT2D eigenvalue weighted by Gasteiger charge is -2.17. The molecule has 0 aliphatic rings. The number of hydrogen-bond donors (Lipinski definition) is 1. The molecule has 3 nitrogen and oxygen atoms in total. The van der Waals surface area contributed by atoms with Crippen LogP contribution < -0.4 is 5.32 Å². The maximum Gasteiger partial charge on any atom is 0.140 e. The van der Waals surface area contributed by atoms with Gasteiger partial charge < -0.3 is 5.32 Å². The van der Waals surface area contributed by atoms with Crippen LogP contribution in [0.3, 0.4) is 0 Å². The van der Waals surface area contributed by atoms with Crippen molar-refractivity contribution < 1.29 is 0 Å². The fourth-order valence-corrected chi connectivity index (χ4v) is 3.06. The van der Waals surface area contributed by atoms with Crippen molar-refractivity contribution in [2.45, 2.75) is 59.6 Å². The first-order chi connectivity index (χ1) is 9.45. The SMILES string of the molecule is CCCNc1nc(CSCC(C)C)nc(C)c1C(C)C. The van der Waals surface area contributed by atoms with Crippen LogP contribution in [-0.2, 0) is 5.75 Å². The van der Waals surface area contributed by atoms with Crippen molar-refractivity contribution in [2.75, 3.05) is 17.6 Å². The molecule has 1 rings (SSSR count). The summed E-state index contributed by atoms with van der Waals surface area (Å²) in [7, 11) is 0. The van der Waals surface area contributed by atoms with Crippen LogP contribution in [0.5, 0.6) is 0 Å². The molecular weight excluding hydrogens is 266 g/mol. The molecule has 4 heteroatoms. The highest BCUT2D eigenvalue weighted by Crippen LogP contribution is 2.26. The smallest absolute Gasteiger partial charge is 0.140 e. The highest BCUT2D eigenvalue weighted by Gasteiger charge is 2.14. The number of aryl methyl sites for hydroxylation is 1. The van der Waals surface area contributed by atoms with Crippen LogP contribution in [0.25, 0.3) is 0 Å². The van der Waals surface area contributed by atoms with E-state index < -0.39 is 0 Å². The van der Waals surface area contributed by atoms with Crippen LogP contribution in [0, 0.1) is 12.8 Å². The van der Waals surface area contributed by atoms with Crippen molar-refractivity contribution in [3.63, 3.8) is 0 Å². The molecular formula is C16H29N3S. The number of thioether (sulfide) groups is 1. The second-order valence-corrected chi connectivity index (χ2v) is 7.01. The van der Waals surface area contributed by atoms with Crippen molar-refractivity contribution in [2.24, 2.45) is 5.92 Å². The van der Waals surface area contributed by atoms with Crippen LogP contribution in [-0.4, -0.2) is 22.3 Å². The fourth-order valence-electron chi connectivity index (χ4n) is 2.16. The molecule has 20 heavy (non-hydrogen) atoms. The van der Waals surface area contributed by atoms with E-state index in [9.17, 15) is 0 Å². The molecule has 1 N–H and O–H groups in total. The van der Waals surface area contributed by atoms with Gasteiger partial charge in [0.25, 0.3) is 0 Å². The summed E-state index contributed by atoms with van der Waals surface area (Å²) < 4.78 is 0. The lowest BCUT2D eigenvalue weighted by Crippen LogP contribution is -2.11. The second kappa shape index (κ2) is 8.50. The van der Waals surface area contributed by atoms with Gasteiger partial charge in [-0.3, -0.25) is 0 Å². The molecule has 1 aromatic heterocycles. The van der Waals surface area contributed by atoms with E-state index in [2.05, 4.69) is 51.8 Å². The molecule has 0 saturated heterocycles. The largest absolute Gasteiger partial charge is 0.370 e. The quantitative estimate of drug-likeness (QED) is 0.759. The molecule has 0 saturated carbocycles. The van der Waals surface area contributed by atoms with Crippen molar-refractivity contribution >= 4 is 17.6 Å². The number of hydrogen-bond acceptors (Lipinski definition) is 4.